The highest BCUT2D eigenvalue weighted by atomic mass is 19.1. The number of nitrogens with two attached hydrogens (primary N) is 1. The van der Waals surface area contributed by atoms with Crippen LogP contribution in [-0.2, 0) is 6.42 Å². The molecule has 3 fully saturated rings. The summed E-state index contributed by atoms with van der Waals surface area (Å²) in [5.41, 5.74) is 6.02. The number of alkyl halides is 1. The molecule has 3 saturated heterocycles. The molecule has 3 N–H and O–H groups in total. The lowest BCUT2D eigenvalue weighted by Gasteiger charge is -2.30. The Balaban J connectivity index is 1.37. The van der Waals surface area contributed by atoms with Gasteiger partial charge in [-0.3, -0.25) is 9.88 Å². The number of urea groups is 1. The number of aryl methyl sites for hydroxylation is 1. The molecule has 2 aromatic carbocycles. The third kappa shape index (κ3) is 4.66. The number of nitrogens with zero attached hydrogens (tertiary/aromatic N) is 5. The summed E-state index contributed by atoms with van der Waals surface area (Å²) in [5.74, 6) is -1.59. The maximum Gasteiger partial charge on any atom is 0.317 e. The van der Waals surface area contributed by atoms with Gasteiger partial charge in [-0.1, -0.05) is 13.0 Å². The molecule has 230 valence electrons. The average molecular weight is 607 g/mol. The van der Waals surface area contributed by atoms with E-state index in [1.807, 2.05) is 0 Å². The molecular formula is C32H33F3N6O3. The van der Waals surface area contributed by atoms with Crippen molar-refractivity contribution in [2.45, 2.75) is 56.7 Å². The molecule has 0 radical (unpaired) electrons. The van der Waals surface area contributed by atoms with E-state index < -0.39 is 29.4 Å². The third-order valence-electron chi connectivity index (χ3n) is 9.57. The van der Waals surface area contributed by atoms with E-state index in [1.165, 1.54) is 29.3 Å². The molecule has 0 saturated carbocycles. The lowest BCUT2D eigenvalue weighted by Crippen LogP contribution is -2.43. The second-order valence-corrected chi connectivity index (χ2v) is 12.2. The lowest BCUT2D eigenvalue weighted by atomic mass is 9.94. The highest BCUT2D eigenvalue weighted by molar-refractivity contribution is 6.01. The number of carbonyl (C=O) groups excluding carboxylic acids is 1. The first-order valence-corrected chi connectivity index (χ1v) is 15.0. The van der Waals surface area contributed by atoms with E-state index in [4.69, 9.17) is 15.5 Å². The standard InChI is InChI=1S/C32H33F3N6O3/c1-2-21-24(34)5-4-17-10-20(42)11-22(25(17)21)28-26(35)29-23(13-37-28)27(18-6-9-40(14-18)30(36)43)38-31(39-29)44-16-32-7-3-8-41(32)15-19(33)12-32/h4-5,10-11,13,18-19,42H,2-3,6-9,12,14-16H2,1H3,(H2,36,43)/t18?,19-,32+/m1/s1. The summed E-state index contributed by atoms with van der Waals surface area (Å²) in [5, 5.41) is 11.9. The molecular weight excluding hydrogens is 573 g/mol. The number of rotatable bonds is 6. The molecule has 3 aliphatic rings. The van der Waals surface area contributed by atoms with Gasteiger partial charge in [-0.15, -0.1) is 0 Å². The number of likely N-dealkylation sites (tertiary alicyclic amines) is 1. The summed E-state index contributed by atoms with van der Waals surface area (Å²) >= 11 is 0. The fraction of sp³-hybridized carbons (Fsp3) is 0.438. The van der Waals surface area contributed by atoms with Crippen LogP contribution in [0.15, 0.2) is 30.5 Å². The van der Waals surface area contributed by atoms with Crippen molar-refractivity contribution in [2.24, 2.45) is 5.73 Å². The van der Waals surface area contributed by atoms with E-state index in [-0.39, 0.29) is 41.1 Å². The van der Waals surface area contributed by atoms with E-state index in [2.05, 4.69) is 14.9 Å². The molecule has 0 aliphatic carbocycles. The van der Waals surface area contributed by atoms with Crippen LogP contribution in [-0.4, -0.2) is 80.4 Å². The van der Waals surface area contributed by atoms with Crippen LogP contribution in [0.2, 0.25) is 0 Å². The zero-order chi connectivity index (χ0) is 30.7. The van der Waals surface area contributed by atoms with Crippen LogP contribution >= 0.6 is 0 Å². The molecule has 0 bridgehead atoms. The molecule has 2 amide bonds. The van der Waals surface area contributed by atoms with Gasteiger partial charge in [0.15, 0.2) is 5.82 Å². The second kappa shape index (κ2) is 10.8. The topological polar surface area (TPSA) is 118 Å². The van der Waals surface area contributed by atoms with Gasteiger partial charge >= 0.3 is 12.0 Å². The van der Waals surface area contributed by atoms with E-state index >= 15 is 4.39 Å². The van der Waals surface area contributed by atoms with E-state index in [0.717, 1.165) is 19.4 Å². The summed E-state index contributed by atoms with van der Waals surface area (Å²) in [4.78, 5) is 29.2. The molecule has 44 heavy (non-hydrogen) atoms. The number of benzene rings is 2. The Morgan fingerprint density at radius 1 is 1.20 bits per heavy atom. The number of carbonyl (C=O) groups is 1. The predicted molar refractivity (Wildman–Crippen MR) is 158 cm³/mol. The first-order valence-electron chi connectivity index (χ1n) is 15.0. The van der Waals surface area contributed by atoms with Crippen molar-refractivity contribution in [3.63, 3.8) is 0 Å². The maximum absolute atomic E-state index is 16.7. The maximum atomic E-state index is 16.7. The van der Waals surface area contributed by atoms with Crippen molar-refractivity contribution in [3.05, 3.63) is 53.4 Å². The van der Waals surface area contributed by atoms with Crippen LogP contribution in [0.25, 0.3) is 32.9 Å². The van der Waals surface area contributed by atoms with Crippen molar-refractivity contribution in [2.75, 3.05) is 32.8 Å². The fourth-order valence-corrected chi connectivity index (χ4v) is 7.49. The van der Waals surface area contributed by atoms with Crippen LogP contribution in [0.4, 0.5) is 18.0 Å². The predicted octanol–water partition coefficient (Wildman–Crippen LogP) is 5.21. The molecule has 9 nitrogen and oxygen atoms in total. The second-order valence-electron chi connectivity index (χ2n) is 12.2. The number of ether oxygens (including phenoxy) is 1. The molecule has 5 heterocycles. The van der Waals surface area contributed by atoms with Gasteiger partial charge in [0.05, 0.1) is 11.2 Å². The van der Waals surface area contributed by atoms with Crippen LogP contribution in [0.5, 0.6) is 11.8 Å². The molecule has 4 aromatic rings. The Hall–Kier alpha value is -4.19. The van der Waals surface area contributed by atoms with Crippen molar-refractivity contribution >= 4 is 27.7 Å². The number of aromatic nitrogens is 3. The largest absolute Gasteiger partial charge is 0.508 e. The van der Waals surface area contributed by atoms with Crippen LogP contribution in [0.3, 0.4) is 0 Å². The quantitative estimate of drug-likeness (QED) is 0.309. The minimum Gasteiger partial charge on any atom is -0.508 e. The van der Waals surface area contributed by atoms with E-state index in [0.29, 0.717) is 66.3 Å². The molecule has 1 unspecified atom stereocenters. The van der Waals surface area contributed by atoms with Crippen molar-refractivity contribution in [1.82, 2.24) is 24.8 Å². The SMILES string of the molecule is CCc1c(F)ccc2cc(O)cc(-c3ncc4c(C5CCN(C(N)=O)C5)nc(OC[C@@]56CCCN5C[C@H](F)C6)nc4c3F)c12. The Morgan fingerprint density at radius 3 is 2.82 bits per heavy atom. The first kappa shape index (κ1) is 28.6. The van der Waals surface area contributed by atoms with E-state index in [1.54, 1.807) is 13.0 Å². The monoisotopic (exact) mass is 606 g/mol. The number of phenols is 1. The summed E-state index contributed by atoms with van der Waals surface area (Å²) in [6.07, 6.45) is 3.51. The van der Waals surface area contributed by atoms with Crippen LogP contribution < -0.4 is 10.5 Å². The Morgan fingerprint density at radius 2 is 2.05 bits per heavy atom. The van der Waals surface area contributed by atoms with Crippen LogP contribution in [0.1, 0.15) is 49.8 Å². The fourth-order valence-electron chi connectivity index (χ4n) is 7.49. The Kier molecular flexibility index (Phi) is 6.99. The number of aromatic hydroxyl groups is 1. The van der Waals surface area contributed by atoms with Gasteiger partial charge in [0.25, 0.3) is 0 Å². The molecule has 2 aromatic heterocycles. The van der Waals surface area contributed by atoms with E-state index in [9.17, 15) is 18.7 Å². The number of hydrogen-bond donors (Lipinski definition) is 2. The third-order valence-corrected chi connectivity index (χ3v) is 9.57. The lowest BCUT2D eigenvalue weighted by molar-refractivity contribution is 0.107. The normalized spacial score (nSPS) is 23.6. The number of fused-ring (bicyclic) bond motifs is 3. The van der Waals surface area contributed by atoms with Crippen LogP contribution in [0, 0.1) is 11.6 Å². The van der Waals surface area contributed by atoms with Gasteiger partial charge in [0.2, 0.25) is 0 Å². The number of primary amides is 1. The highest BCUT2D eigenvalue weighted by Crippen LogP contribution is 2.42. The molecule has 0 spiro atoms. The minimum atomic E-state index is -0.939. The number of hydrogen-bond acceptors (Lipinski definition) is 7. The molecule has 12 heteroatoms. The van der Waals surface area contributed by atoms with Gasteiger partial charge in [-0.25, -0.2) is 18.0 Å². The summed E-state index contributed by atoms with van der Waals surface area (Å²) in [6, 6.07) is 5.15. The van der Waals surface area contributed by atoms with Gasteiger partial charge in [0.1, 0.15) is 35.6 Å². The molecule has 7 rings (SSSR count). The average Bonchev–Trinajstić information content (AvgIpc) is 3.71. The minimum absolute atomic E-state index is 0.0472. The number of phenolic OH excluding ortho intramolecular Hbond substituents is 1. The number of amides is 2. The summed E-state index contributed by atoms with van der Waals surface area (Å²) < 4.78 is 52.1. The highest BCUT2D eigenvalue weighted by Gasteiger charge is 2.49. The smallest absolute Gasteiger partial charge is 0.317 e. The van der Waals surface area contributed by atoms with Gasteiger partial charge in [-0.2, -0.15) is 9.97 Å². The number of halogens is 3. The van der Waals surface area contributed by atoms with Gasteiger partial charge in [0, 0.05) is 49.1 Å². The van der Waals surface area contributed by atoms with Gasteiger partial charge in [-0.05, 0) is 66.8 Å². The number of pyridine rings is 1. The first-order chi connectivity index (χ1) is 21.2. The zero-order valence-corrected chi connectivity index (χ0v) is 24.3. The van der Waals surface area contributed by atoms with Crippen molar-refractivity contribution in [1.29, 1.82) is 0 Å². The molecule has 3 aliphatic heterocycles. The zero-order valence-electron chi connectivity index (χ0n) is 24.3. The summed E-state index contributed by atoms with van der Waals surface area (Å²) in [6.45, 7) is 3.83. The Bertz CT molecular complexity index is 1810. The van der Waals surface area contributed by atoms with Crippen molar-refractivity contribution in [3.8, 4) is 23.0 Å². The molecule has 3 atom stereocenters. The van der Waals surface area contributed by atoms with Gasteiger partial charge < -0.3 is 20.5 Å². The summed E-state index contributed by atoms with van der Waals surface area (Å²) in [7, 11) is 0. The van der Waals surface area contributed by atoms with Crippen molar-refractivity contribution < 1.29 is 27.8 Å². The Labute approximate surface area is 251 Å².